The van der Waals surface area contributed by atoms with E-state index in [1.807, 2.05) is 39.0 Å². The second kappa shape index (κ2) is 9.13. The standard InChI is InChI=1S/C22H25NO3.C2H6/c1-3-20-21(26-12-4-11-25-20)13-18-14-23(22(24)15(18)2)19-9-7-17(8-10-19)16-5-6-16;1-2/h7-10,13,16H,2-6,11-12,14H2,1H3;1-2H3/b18-13-;. The molecule has 4 nitrogen and oxygen atoms in total. The topological polar surface area (TPSA) is 38.8 Å². The SMILES string of the molecule is C=C1C(=O)N(c2ccc(C3CC3)cc2)C/C1=C/C1=C(CC)OCCCO1.CC. The highest BCUT2D eigenvalue weighted by molar-refractivity contribution is 6.12. The molecule has 3 aliphatic rings. The Morgan fingerprint density at radius 1 is 1.14 bits per heavy atom. The lowest BCUT2D eigenvalue weighted by Gasteiger charge is -2.15. The quantitative estimate of drug-likeness (QED) is 0.649. The van der Waals surface area contributed by atoms with E-state index in [-0.39, 0.29) is 5.91 Å². The number of hydrogen-bond acceptors (Lipinski definition) is 3. The normalized spacial score (nSPS) is 21.1. The number of benzene rings is 1. The van der Waals surface area contributed by atoms with E-state index >= 15 is 0 Å². The zero-order chi connectivity index (χ0) is 20.1. The summed E-state index contributed by atoms with van der Waals surface area (Å²) in [6, 6.07) is 8.38. The highest BCUT2D eigenvalue weighted by atomic mass is 16.5. The van der Waals surface area contributed by atoms with E-state index in [1.165, 1.54) is 18.4 Å². The van der Waals surface area contributed by atoms with Crippen LogP contribution in [0.25, 0.3) is 0 Å². The van der Waals surface area contributed by atoms with Crippen molar-refractivity contribution in [3.8, 4) is 0 Å². The van der Waals surface area contributed by atoms with Crippen LogP contribution in [0.2, 0.25) is 0 Å². The number of amides is 1. The van der Waals surface area contributed by atoms with Crippen LogP contribution in [0.15, 0.2) is 59.6 Å². The van der Waals surface area contributed by atoms with E-state index in [9.17, 15) is 4.79 Å². The summed E-state index contributed by atoms with van der Waals surface area (Å²) < 4.78 is 11.6. The molecule has 4 rings (SSSR count). The van der Waals surface area contributed by atoms with E-state index in [4.69, 9.17) is 9.47 Å². The van der Waals surface area contributed by atoms with Crippen molar-refractivity contribution in [2.45, 2.75) is 52.4 Å². The molecule has 1 aromatic rings. The van der Waals surface area contributed by atoms with Crippen LogP contribution < -0.4 is 4.90 Å². The third-order valence-electron chi connectivity index (χ3n) is 5.20. The molecule has 0 radical (unpaired) electrons. The fraction of sp³-hybridized carbons (Fsp3) is 0.458. The van der Waals surface area contributed by atoms with Crippen molar-refractivity contribution in [1.82, 2.24) is 0 Å². The van der Waals surface area contributed by atoms with Gasteiger partial charge in [-0.15, -0.1) is 0 Å². The second-order valence-electron chi connectivity index (χ2n) is 7.10. The molecule has 2 heterocycles. The third-order valence-corrected chi connectivity index (χ3v) is 5.20. The van der Waals surface area contributed by atoms with Gasteiger partial charge in [0.15, 0.2) is 5.76 Å². The first-order valence-corrected chi connectivity index (χ1v) is 10.5. The Kier molecular flexibility index (Phi) is 6.61. The van der Waals surface area contributed by atoms with Crippen LogP contribution >= 0.6 is 0 Å². The first-order chi connectivity index (χ1) is 13.7. The number of carbonyl (C=O) groups excluding carboxylic acids is 1. The van der Waals surface area contributed by atoms with Gasteiger partial charge in [0.25, 0.3) is 5.91 Å². The average molecular weight is 382 g/mol. The fourth-order valence-corrected chi connectivity index (χ4v) is 3.47. The van der Waals surface area contributed by atoms with Gasteiger partial charge in [-0.2, -0.15) is 0 Å². The predicted molar refractivity (Wildman–Crippen MR) is 113 cm³/mol. The molecule has 1 aromatic carbocycles. The number of nitrogens with zero attached hydrogens (tertiary/aromatic N) is 1. The minimum absolute atomic E-state index is 0.0383. The lowest BCUT2D eigenvalue weighted by Crippen LogP contribution is -2.24. The van der Waals surface area contributed by atoms with E-state index in [2.05, 4.69) is 18.7 Å². The number of carbonyl (C=O) groups is 1. The lowest BCUT2D eigenvalue weighted by molar-refractivity contribution is -0.114. The monoisotopic (exact) mass is 381 g/mol. The first kappa shape index (κ1) is 20.2. The summed E-state index contributed by atoms with van der Waals surface area (Å²) >= 11 is 0. The Balaban J connectivity index is 0.00000109. The molecule has 0 spiro atoms. The van der Waals surface area contributed by atoms with Crippen LogP contribution in [0.5, 0.6) is 0 Å². The zero-order valence-electron chi connectivity index (χ0n) is 17.3. The summed E-state index contributed by atoms with van der Waals surface area (Å²) in [6.45, 7) is 11.9. The Morgan fingerprint density at radius 3 is 2.46 bits per heavy atom. The summed E-state index contributed by atoms with van der Waals surface area (Å²) in [5, 5.41) is 0. The summed E-state index contributed by atoms with van der Waals surface area (Å²) in [4.78, 5) is 14.5. The van der Waals surface area contributed by atoms with Gasteiger partial charge in [-0.25, -0.2) is 0 Å². The Morgan fingerprint density at radius 2 is 1.82 bits per heavy atom. The Hall–Kier alpha value is -2.49. The van der Waals surface area contributed by atoms with Gasteiger partial charge in [-0.1, -0.05) is 39.5 Å². The van der Waals surface area contributed by atoms with Crippen molar-refractivity contribution in [1.29, 1.82) is 0 Å². The molecule has 1 amide bonds. The molecule has 4 heteroatoms. The van der Waals surface area contributed by atoms with E-state index < -0.39 is 0 Å². The number of hydrogen-bond donors (Lipinski definition) is 0. The lowest BCUT2D eigenvalue weighted by atomic mass is 10.1. The molecule has 0 unspecified atom stereocenters. The number of ether oxygens (including phenoxy) is 2. The Labute approximate surface area is 168 Å². The molecule has 2 fully saturated rings. The van der Waals surface area contributed by atoms with Gasteiger partial charge >= 0.3 is 0 Å². The maximum atomic E-state index is 12.7. The van der Waals surface area contributed by atoms with Crippen LogP contribution in [0.1, 0.15) is 57.9 Å². The fourth-order valence-electron chi connectivity index (χ4n) is 3.47. The zero-order valence-corrected chi connectivity index (χ0v) is 17.3. The van der Waals surface area contributed by atoms with Gasteiger partial charge in [-0.3, -0.25) is 4.79 Å². The summed E-state index contributed by atoms with van der Waals surface area (Å²) in [6.07, 6.45) is 6.13. The van der Waals surface area contributed by atoms with Gasteiger partial charge in [-0.05, 0) is 48.1 Å². The molecule has 28 heavy (non-hydrogen) atoms. The van der Waals surface area contributed by atoms with E-state index in [0.29, 0.717) is 25.3 Å². The molecule has 150 valence electrons. The molecule has 0 atom stereocenters. The molecule has 1 aliphatic carbocycles. The largest absolute Gasteiger partial charge is 0.494 e. The second-order valence-corrected chi connectivity index (χ2v) is 7.10. The van der Waals surface area contributed by atoms with Gasteiger partial charge in [0.1, 0.15) is 5.76 Å². The van der Waals surface area contributed by atoms with Gasteiger partial charge < -0.3 is 14.4 Å². The molecular formula is C24H31NO3. The maximum absolute atomic E-state index is 12.7. The first-order valence-electron chi connectivity index (χ1n) is 10.5. The smallest absolute Gasteiger partial charge is 0.258 e. The maximum Gasteiger partial charge on any atom is 0.258 e. The number of rotatable bonds is 4. The average Bonchev–Trinajstić information content (AvgIpc) is 3.56. The third kappa shape index (κ3) is 4.32. The predicted octanol–water partition coefficient (Wildman–Crippen LogP) is 5.48. The summed E-state index contributed by atoms with van der Waals surface area (Å²) in [5.41, 5.74) is 3.73. The van der Waals surface area contributed by atoms with Crippen LogP contribution in [0, 0.1) is 0 Å². The molecular weight excluding hydrogens is 350 g/mol. The van der Waals surface area contributed by atoms with Crippen molar-refractivity contribution >= 4 is 11.6 Å². The minimum Gasteiger partial charge on any atom is -0.494 e. The number of anilines is 1. The van der Waals surface area contributed by atoms with E-state index in [1.54, 1.807) is 4.90 Å². The highest BCUT2D eigenvalue weighted by Gasteiger charge is 2.31. The van der Waals surface area contributed by atoms with Crippen molar-refractivity contribution in [2.75, 3.05) is 24.7 Å². The van der Waals surface area contributed by atoms with Crippen molar-refractivity contribution < 1.29 is 14.3 Å². The molecule has 0 N–H and O–H groups in total. The number of allylic oxidation sites excluding steroid dienone is 2. The van der Waals surface area contributed by atoms with Gasteiger partial charge in [0.05, 0.1) is 19.8 Å². The molecule has 1 saturated carbocycles. The summed E-state index contributed by atoms with van der Waals surface area (Å²) in [7, 11) is 0. The van der Waals surface area contributed by atoms with E-state index in [0.717, 1.165) is 41.5 Å². The molecule has 0 aromatic heterocycles. The van der Waals surface area contributed by atoms with Crippen LogP contribution in [0.4, 0.5) is 5.69 Å². The van der Waals surface area contributed by atoms with Crippen LogP contribution in [-0.4, -0.2) is 25.7 Å². The van der Waals surface area contributed by atoms with Crippen LogP contribution in [0.3, 0.4) is 0 Å². The van der Waals surface area contributed by atoms with Gasteiger partial charge in [0.2, 0.25) is 0 Å². The molecule has 0 bridgehead atoms. The van der Waals surface area contributed by atoms with Crippen molar-refractivity contribution in [2.24, 2.45) is 0 Å². The van der Waals surface area contributed by atoms with Crippen molar-refractivity contribution in [3.05, 3.63) is 65.1 Å². The highest BCUT2D eigenvalue weighted by Crippen LogP contribution is 2.40. The Bertz CT molecular complexity index is 785. The van der Waals surface area contributed by atoms with Gasteiger partial charge in [0, 0.05) is 24.1 Å². The van der Waals surface area contributed by atoms with Crippen LogP contribution in [-0.2, 0) is 14.3 Å². The van der Waals surface area contributed by atoms with Crippen molar-refractivity contribution in [3.63, 3.8) is 0 Å². The molecule has 1 saturated heterocycles. The summed E-state index contributed by atoms with van der Waals surface area (Å²) in [5.74, 6) is 2.27. The minimum atomic E-state index is -0.0383. The molecule has 2 aliphatic heterocycles.